The summed E-state index contributed by atoms with van der Waals surface area (Å²) in [7, 11) is 0. The second-order valence-corrected chi connectivity index (χ2v) is 6.85. The van der Waals surface area contributed by atoms with Gasteiger partial charge in [-0.1, -0.05) is 30.3 Å². The molecule has 1 aliphatic rings. The summed E-state index contributed by atoms with van der Waals surface area (Å²) in [5.74, 6) is 0.0308. The third kappa shape index (κ3) is 3.01. The van der Waals surface area contributed by atoms with Gasteiger partial charge in [0.1, 0.15) is 0 Å². The van der Waals surface area contributed by atoms with Gasteiger partial charge in [0.25, 0.3) is 5.91 Å². The second kappa shape index (κ2) is 6.75. The molecule has 3 heterocycles. The summed E-state index contributed by atoms with van der Waals surface area (Å²) in [5.41, 5.74) is 5.71. The third-order valence-electron chi connectivity index (χ3n) is 5.00. The molecule has 1 N–H and O–H groups in total. The molecule has 2 aromatic heterocycles. The van der Waals surface area contributed by atoms with E-state index in [0.717, 1.165) is 42.0 Å². The molecule has 0 bridgehead atoms. The summed E-state index contributed by atoms with van der Waals surface area (Å²) in [5, 5.41) is 6.85. The summed E-state index contributed by atoms with van der Waals surface area (Å²) in [6.45, 7) is 4.64. The van der Waals surface area contributed by atoms with Gasteiger partial charge in [0.2, 0.25) is 0 Å². The first-order chi connectivity index (χ1) is 12.6. The highest BCUT2D eigenvalue weighted by molar-refractivity contribution is 5.95. The molecule has 0 saturated carbocycles. The van der Waals surface area contributed by atoms with Crippen LogP contribution >= 0.6 is 0 Å². The van der Waals surface area contributed by atoms with E-state index in [1.165, 1.54) is 5.56 Å². The number of carbonyl (C=O) groups excluding carboxylic acids is 1. The van der Waals surface area contributed by atoms with Crippen molar-refractivity contribution in [2.75, 3.05) is 6.54 Å². The van der Waals surface area contributed by atoms with Gasteiger partial charge in [0.15, 0.2) is 0 Å². The Hall–Kier alpha value is -2.95. The number of hydrogen-bond acceptors (Lipinski definition) is 3. The van der Waals surface area contributed by atoms with Crippen molar-refractivity contribution in [3.8, 4) is 11.1 Å². The van der Waals surface area contributed by atoms with Gasteiger partial charge < -0.3 is 4.90 Å². The van der Waals surface area contributed by atoms with Gasteiger partial charge in [-0.15, -0.1) is 0 Å². The van der Waals surface area contributed by atoms with E-state index in [1.54, 1.807) is 6.20 Å². The monoisotopic (exact) mass is 346 g/mol. The van der Waals surface area contributed by atoms with Crippen LogP contribution in [0.4, 0.5) is 0 Å². The number of amides is 1. The summed E-state index contributed by atoms with van der Waals surface area (Å²) >= 11 is 0. The van der Waals surface area contributed by atoms with Crippen molar-refractivity contribution in [1.82, 2.24) is 20.1 Å². The standard InChI is InChI=1S/C21H22N4O/c1-14-11-17(16-7-4-3-5-8-16)12-19(23-14)20-9-6-10-25(20)21(26)18-13-22-24-15(18)2/h3-5,7-8,11-13,20H,6,9-10H2,1-2H3,(H,22,24)/t20-/m1/s1. The Morgan fingerprint density at radius 1 is 1.15 bits per heavy atom. The largest absolute Gasteiger partial charge is 0.330 e. The topological polar surface area (TPSA) is 61.9 Å². The molecule has 4 rings (SSSR count). The van der Waals surface area contributed by atoms with Gasteiger partial charge >= 0.3 is 0 Å². The zero-order chi connectivity index (χ0) is 18.1. The number of rotatable bonds is 3. The van der Waals surface area contributed by atoms with E-state index in [4.69, 9.17) is 4.98 Å². The van der Waals surface area contributed by atoms with Gasteiger partial charge in [0.05, 0.1) is 23.5 Å². The van der Waals surface area contributed by atoms with Crippen molar-refractivity contribution in [3.63, 3.8) is 0 Å². The first kappa shape index (κ1) is 16.5. The molecule has 0 aliphatic carbocycles. The quantitative estimate of drug-likeness (QED) is 0.778. The Balaban J connectivity index is 1.69. The van der Waals surface area contributed by atoms with Crippen molar-refractivity contribution in [1.29, 1.82) is 0 Å². The number of aromatic nitrogens is 3. The molecular weight excluding hydrogens is 324 g/mol. The highest BCUT2D eigenvalue weighted by Crippen LogP contribution is 2.34. The zero-order valence-electron chi connectivity index (χ0n) is 15.1. The lowest BCUT2D eigenvalue weighted by molar-refractivity contribution is 0.0732. The molecule has 1 saturated heterocycles. The van der Waals surface area contributed by atoms with Crippen LogP contribution in [0, 0.1) is 13.8 Å². The maximum atomic E-state index is 13.0. The number of hydrogen-bond donors (Lipinski definition) is 1. The first-order valence-electron chi connectivity index (χ1n) is 8.98. The van der Waals surface area contributed by atoms with Crippen molar-refractivity contribution in [2.45, 2.75) is 32.7 Å². The van der Waals surface area contributed by atoms with E-state index in [2.05, 4.69) is 34.5 Å². The maximum Gasteiger partial charge on any atom is 0.257 e. The van der Waals surface area contributed by atoms with E-state index in [1.807, 2.05) is 36.9 Å². The van der Waals surface area contributed by atoms with Crippen LogP contribution < -0.4 is 0 Å². The number of likely N-dealkylation sites (tertiary alicyclic amines) is 1. The zero-order valence-corrected chi connectivity index (χ0v) is 15.1. The molecule has 3 aromatic rings. The van der Waals surface area contributed by atoms with Crippen LogP contribution in [0.1, 0.15) is 46.3 Å². The molecule has 132 valence electrons. The van der Waals surface area contributed by atoms with E-state index in [0.29, 0.717) is 5.56 Å². The molecule has 5 heteroatoms. The fourth-order valence-corrected chi connectivity index (χ4v) is 3.70. The van der Waals surface area contributed by atoms with Crippen molar-refractivity contribution >= 4 is 5.91 Å². The number of carbonyl (C=O) groups is 1. The molecule has 0 radical (unpaired) electrons. The van der Waals surface area contributed by atoms with Crippen LogP contribution in [0.3, 0.4) is 0 Å². The molecule has 0 spiro atoms. The predicted octanol–water partition coefficient (Wildman–Crippen LogP) is 4.07. The van der Waals surface area contributed by atoms with E-state index in [-0.39, 0.29) is 11.9 Å². The van der Waals surface area contributed by atoms with Crippen molar-refractivity contribution in [3.05, 3.63) is 71.3 Å². The molecule has 1 aromatic carbocycles. The van der Waals surface area contributed by atoms with Gasteiger partial charge in [0, 0.05) is 17.9 Å². The summed E-state index contributed by atoms with van der Waals surface area (Å²) in [6, 6.07) is 14.5. The minimum absolute atomic E-state index is 0.0131. The second-order valence-electron chi connectivity index (χ2n) is 6.85. The van der Waals surface area contributed by atoms with E-state index >= 15 is 0 Å². The van der Waals surface area contributed by atoms with Gasteiger partial charge in [-0.05, 0) is 49.9 Å². The molecule has 1 amide bonds. The number of nitrogens with one attached hydrogen (secondary N) is 1. The first-order valence-corrected chi connectivity index (χ1v) is 8.98. The molecule has 1 fully saturated rings. The Morgan fingerprint density at radius 2 is 1.96 bits per heavy atom. The fraction of sp³-hybridized carbons (Fsp3) is 0.286. The smallest absolute Gasteiger partial charge is 0.257 e. The number of H-pyrrole nitrogens is 1. The number of pyridine rings is 1. The average molecular weight is 346 g/mol. The molecule has 26 heavy (non-hydrogen) atoms. The Bertz CT molecular complexity index is 932. The normalized spacial score (nSPS) is 16.8. The van der Waals surface area contributed by atoms with Crippen LogP contribution in [-0.2, 0) is 0 Å². The lowest BCUT2D eigenvalue weighted by Crippen LogP contribution is -2.31. The lowest BCUT2D eigenvalue weighted by atomic mass is 10.0. The number of aryl methyl sites for hydroxylation is 2. The van der Waals surface area contributed by atoms with Crippen LogP contribution in [-0.4, -0.2) is 32.5 Å². The van der Waals surface area contributed by atoms with Gasteiger partial charge in [-0.3, -0.25) is 14.9 Å². The van der Waals surface area contributed by atoms with Crippen LogP contribution in [0.25, 0.3) is 11.1 Å². The van der Waals surface area contributed by atoms with Crippen molar-refractivity contribution < 1.29 is 4.79 Å². The third-order valence-corrected chi connectivity index (χ3v) is 5.00. The van der Waals surface area contributed by atoms with E-state index in [9.17, 15) is 4.79 Å². The minimum atomic E-state index is 0.0131. The Kier molecular flexibility index (Phi) is 4.29. The minimum Gasteiger partial charge on any atom is -0.330 e. The summed E-state index contributed by atoms with van der Waals surface area (Å²) < 4.78 is 0. The molecule has 1 aliphatic heterocycles. The molecular formula is C21H22N4O. The average Bonchev–Trinajstić information content (AvgIpc) is 3.30. The van der Waals surface area contributed by atoms with Gasteiger partial charge in [-0.25, -0.2) is 0 Å². The molecule has 1 atom stereocenters. The summed E-state index contributed by atoms with van der Waals surface area (Å²) in [4.78, 5) is 19.7. The number of benzene rings is 1. The van der Waals surface area contributed by atoms with Crippen molar-refractivity contribution in [2.24, 2.45) is 0 Å². The molecule has 5 nitrogen and oxygen atoms in total. The lowest BCUT2D eigenvalue weighted by Gasteiger charge is -2.25. The highest BCUT2D eigenvalue weighted by Gasteiger charge is 2.32. The van der Waals surface area contributed by atoms with Crippen LogP contribution in [0.15, 0.2) is 48.7 Å². The Labute approximate surface area is 153 Å². The number of aromatic amines is 1. The van der Waals surface area contributed by atoms with Crippen LogP contribution in [0.2, 0.25) is 0 Å². The maximum absolute atomic E-state index is 13.0. The Morgan fingerprint density at radius 3 is 2.69 bits per heavy atom. The highest BCUT2D eigenvalue weighted by atomic mass is 16.2. The van der Waals surface area contributed by atoms with Crippen LogP contribution in [0.5, 0.6) is 0 Å². The SMILES string of the molecule is Cc1cc(-c2ccccc2)cc([C@H]2CCCN2C(=O)c2cn[nH]c2C)n1. The summed E-state index contributed by atoms with van der Waals surface area (Å²) in [6.07, 6.45) is 3.54. The predicted molar refractivity (Wildman–Crippen MR) is 101 cm³/mol. The fourth-order valence-electron chi connectivity index (χ4n) is 3.70. The van der Waals surface area contributed by atoms with E-state index < -0.39 is 0 Å². The molecule has 0 unspecified atom stereocenters. The van der Waals surface area contributed by atoms with Gasteiger partial charge in [-0.2, -0.15) is 5.10 Å². The number of nitrogens with zero attached hydrogens (tertiary/aromatic N) is 3.